The fraction of sp³-hybridized carbons (Fsp3) is 0.273. The molecule has 3 heterocycles. The van der Waals surface area contributed by atoms with Crippen molar-refractivity contribution in [2.45, 2.75) is 26.3 Å². The van der Waals surface area contributed by atoms with Crippen LogP contribution in [0.15, 0.2) is 29.8 Å². The molecule has 0 unspecified atom stereocenters. The van der Waals surface area contributed by atoms with Crippen LogP contribution in [-0.4, -0.2) is 41.0 Å². The predicted molar refractivity (Wildman–Crippen MR) is 129 cm³/mol. The minimum absolute atomic E-state index is 0.140. The number of hydrogen-bond donors (Lipinski definition) is 3. The molecule has 0 atom stereocenters. The highest BCUT2D eigenvalue weighted by atomic mass is 35.5. The number of aryl methyl sites for hydroxylation is 2. The number of amides is 2. The van der Waals surface area contributed by atoms with Crippen molar-refractivity contribution in [3.8, 4) is 5.06 Å². The summed E-state index contributed by atoms with van der Waals surface area (Å²) < 4.78 is 5.31. The van der Waals surface area contributed by atoms with Gasteiger partial charge in [0.25, 0.3) is 0 Å². The topological polar surface area (TPSA) is 108 Å². The van der Waals surface area contributed by atoms with E-state index in [0.29, 0.717) is 40.5 Å². The second-order valence-corrected chi connectivity index (χ2v) is 8.84. The van der Waals surface area contributed by atoms with Gasteiger partial charge in [-0.1, -0.05) is 17.7 Å². The van der Waals surface area contributed by atoms with Gasteiger partial charge in [-0.2, -0.15) is 4.98 Å². The average molecular weight is 487 g/mol. The lowest BCUT2D eigenvalue weighted by molar-refractivity contribution is -0.130. The summed E-state index contributed by atoms with van der Waals surface area (Å²) >= 11 is 7.62. The van der Waals surface area contributed by atoms with Gasteiger partial charge in [0.15, 0.2) is 5.82 Å². The van der Waals surface area contributed by atoms with E-state index in [9.17, 15) is 9.59 Å². The monoisotopic (exact) mass is 486 g/mol. The van der Waals surface area contributed by atoms with Crippen molar-refractivity contribution in [1.82, 2.24) is 20.2 Å². The van der Waals surface area contributed by atoms with Gasteiger partial charge in [-0.15, -0.1) is 11.3 Å². The maximum absolute atomic E-state index is 12.0. The van der Waals surface area contributed by atoms with Crippen LogP contribution < -0.4 is 20.7 Å². The van der Waals surface area contributed by atoms with Gasteiger partial charge in [-0.25, -0.2) is 9.78 Å². The first kappa shape index (κ1) is 22.8. The molecule has 0 radical (unpaired) electrons. The molecule has 1 aliphatic rings. The molecule has 0 aliphatic carbocycles. The highest BCUT2D eigenvalue weighted by Crippen LogP contribution is 2.38. The molecular weight excluding hydrogens is 464 g/mol. The van der Waals surface area contributed by atoms with Crippen LogP contribution in [0.1, 0.15) is 23.1 Å². The summed E-state index contributed by atoms with van der Waals surface area (Å²) in [5.41, 5.74) is 4.54. The molecule has 3 aromatic rings. The number of anilines is 4. The van der Waals surface area contributed by atoms with E-state index in [1.54, 1.807) is 4.90 Å². The minimum atomic E-state index is -0.563. The molecule has 2 aromatic heterocycles. The first-order valence-corrected chi connectivity index (χ1v) is 11.5. The van der Waals surface area contributed by atoms with Crippen LogP contribution in [0.2, 0.25) is 5.02 Å². The summed E-state index contributed by atoms with van der Waals surface area (Å²) in [6.07, 6.45) is 2.17. The molecule has 2 amide bonds. The number of carbonyl (C=O) groups is 2. The Morgan fingerprint density at radius 2 is 2.06 bits per heavy atom. The zero-order chi connectivity index (χ0) is 23.5. The number of ether oxygens (including phenoxy) is 1. The Morgan fingerprint density at radius 3 is 2.85 bits per heavy atom. The molecule has 11 heteroatoms. The lowest BCUT2D eigenvalue weighted by Crippen LogP contribution is -2.24. The lowest BCUT2D eigenvalue weighted by atomic mass is 10.0. The van der Waals surface area contributed by atoms with Crippen LogP contribution in [0.25, 0.3) is 0 Å². The van der Waals surface area contributed by atoms with Crippen molar-refractivity contribution in [3.63, 3.8) is 0 Å². The van der Waals surface area contributed by atoms with E-state index in [-0.39, 0.29) is 5.91 Å². The SMILES string of the molecule is CNC(=O)Oc1scc(C)c1Nc1nc(Nc2ccc3c(c2)CN(C)C(=O)CC3)ncc1Cl. The summed E-state index contributed by atoms with van der Waals surface area (Å²) in [4.78, 5) is 34.2. The van der Waals surface area contributed by atoms with Crippen molar-refractivity contribution in [2.75, 3.05) is 24.7 Å². The molecule has 172 valence electrons. The van der Waals surface area contributed by atoms with Gasteiger partial charge in [0.2, 0.25) is 16.9 Å². The second kappa shape index (κ2) is 9.63. The van der Waals surface area contributed by atoms with E-state index in [0.717, 1.165) is 28.8 Å². The molecule has 3 N–H and O–H groups in total. The molecule has 0 saturated carbocycles. The Morgan fingerprint density at radius 1 is 1.24 bits per heavy atom. The number of aromatic nitrogens is 2. The first-order chi connectivity index (χ1) is 15.8. The third kappa shape index (κ3) is 5.18. The van der Waals surface area contributed by atoms with E-state index < -0.39 is 6.09 Å². The fourth-order valence-electron chi connectivity index (χ4n) is 3.41. The van der Waals surface area contributed by atoms with E-state index in [1.807, 2.05) is 37.6 Å². The van der Waals surface area contributed by atoms with Crippen molar-refractivity contribution in [1.29, 1.82) is 0 Å². The number of hydrogen-bond acceptors (Lipinski definition) is 8. The molecular formula is C22H23ClN6O3S. The van der Waals surface area contributed by atoms with Gasteiger partial charge < -0.3 is 25.6 Å². The zero-order valence-corrected chi connectivity index (χ0v) is 19.9. The van der Waals surface area contributed by atoms with Crippen LogP contribution in [0.3, 0.4) is 0 Å². The Labute approximate surface area is 200 Å². The predicted octanol–water partition coefficient (Wildman–Crippen LogP) is 4.61. The Bertz CT molecular complexity index is 1210. The van der Waals surface area contributed by atoms with Crippen LogP contribution in [0.4, 0.5) is 27.9 Å². The zero-order valence-electron chi connectivity index (χ0n) is 18.4. The maximum atomic E-state index is 12.0. The van der Waals surface area contributed by atoms with Crippen LogP contribution in [0, 0.1) is 6.92 Å². The smallest absolute Gasteiger partial charge is 0.397 e. The van der Waals surface area contributed by atoms with Crippen molar-refractivity contribution >= 4 is 58.1 Å². The summed E-state index contributed by atoms with van der Waals surface area (Å²) in [6, 6.07) is 5.97. The molecule has 0 bridgehead atoms. The van der Waals surface area contributed by atoms with E-state index >= 15 is 0 Å². The standard InChI is InChI=1S/C22H23ClN6O3S/c1-12-11-33-20(32-22(31)24-2)18(12)27-19-16(23)9-25-21(28-19)26-15-6-4-13-5-7-17(30)29(3)10-14(13)8-15/h4,6,8-9,11H,5,7,10H2,1-3H3,(H,24,31)(H2,25,26,27,28). The first-order valence-electron chi connectivity index (χ1n) is 10.2. The number of fused-ring (bicyclic) bond motifs is 1. The Balaban J connectivity index is 1.56. The number of rotatable bonds is 5. The Hall–Kier alpha value is -3.37. The molecule has 33 heavy (non-hydrogen) atoms. The fourth-order valence-corrected chi connectivity index (χ4v) is 4.41. The van der Waals surface area contributed by atoms with Crippen molar-refractivity contribution in [3.05, 3.63) is 51.5 Å². The molecule has 0 spiro atoms. The molecule has 9 nitrogen and oxygen atoms in total. The molecule has 0 fully saturated rings. The van der Waals surface area contributed by atoms with Crippen molar-refractivity contribution in [2.24, 2.45) is 0 Å². The van der Waals surface area contributed by atoms with Gasteiger partial charge in [-0.3, -0.25) is 4.79 Å². The number of halogens is 1. The number of benzene rings is 1. The lowest BCUT2D eigenvalue weighted by Gasteiger charge is -2.15. The third-order valence-electron chi connectivity index (χ3n) is 5.22. The van der Waals surface area contributed by atoms with Gasteiger partial charge >= 0.3 is 6.09 Å². The van der Waals surface area contributed by atoms with Crippen LogP contribution in [-0.2, 0) is 17.8 Å². The minimum Gasteiger partial charge on any atom is -0.397 e. The largest absolute Gasteiger partial charge is 0.413 e. The Kier molecular flexibility index (Phi) is 6.66. The average Bonchev–Trinajstić information content (AvgIpc) is 3.06. The number of thiophene rings is 1. The van der Waals surface area contributed by atoms with Crippen LogP contribution in [0.5, 0.6) is 5.06 Å². The van der Waals surface area contributed by atoms with Gasteiger partial charge in [0.1, 0.15) is 5.02 Å². The second-order valence-electron chi connectivity index (χ2n) is 7.59. The maximum Gasteiger partial charge on any atom is 0.413 e. The molecule has 1 aromatic carbocycles. The van der Waals surface area contributed by atoms with E-state index in [2.05, 4.69) is 25.9 Å². The van der Waals surface area contributed by atoms with Crippen molar-refractivity contribution < 1.29 is 14.3 Å². The molecule has 4 rings (SSSR count). The number of nitrogens with zero attached hydrogens (tertiary/aromatic N) is 3. The van der Waals surface area contributed by atoms with E-state index in [4.69, 9.17) is 16.3 Å². The highest BCUT2D eigenvalue weighted by Gasteiger charge is 2.19. The van der Waals surface area contributed by atoms with Gasteiger partial charge in [-0.05, 0) is 47.5 Å². The highest BCUT2D eigenvalue weighted by molar-refractivity contribution is 7.12. The number of nitrogens with one attached hydrogen (secondary N) is 3. The van der Waals surface area contributed by atoms with Gasteiger partial charge in [0.05, 0.1) is 11.9 Å². The summed E-state index contributed by atoms with van der Waals surface area (Å²) in [5, 5.41) is 11.4. The summed E-state index contributed by atoms with van der Waals surface area (Å²) in [6.45, 7) is 2.45. The van der Waals surface area contributed by atoms with Gasteiger partial charge in [0, 0.05) is 32.7 Å². The normalized spacial score (nSPS) is 13.2. The van der Waals surface area contributed by atoms with E-state index in [1.165, 1.54) is 24.6 Å². The summed E-state index contributed by atoms with van der Waals surface area (Å²) in [5.74, 6) is 0.861. The molecule has 0 saturated heterocycles. The molecule has 1 aliphatic heterocycles. The summed E-state index contributed by atoms with van der Waals surface area (Å²) in [7, 11) is 3.31. The van der Waals surface area contributed by atoms with Crippen LogP contribution >= 0.6 is 22.9 Å². The number of carbonyl (C=O) groups excluding carboxylic acids is 2. The third-order valence-corrected chi connectivity index (χ3v) is 6.47. The quantitative estimate of drug-likeness (QED) is 0.483.